The molecule has 216 valence electrons. The van der Waals surface area contributed by atoms with Crippen molar-refractivity contribution in [3.05, 3.63) is 69.8 Å². The van der Waals surface area contributed by atoms with Crippen molar-refractivity contribution < 1.29 is 40.3 Å². The Morgan fingerprint density at radius 3 is 1.62 bits per heavy atom. The molecule has 9 unspecified atom stereocenters. The van der Waals surface area contributed by atoms with Crippen molar-refractivity contribution in [2.75, 3.05) is 0 Å². The summed E-state index contributed by atoms with van der Waals surface area (Å²) in [5.41, 5.74) is -2.77. The highest BCUT2D eigenvalue weighted by Gasteiger charge is 2.65. The fraction of sp³-hybridized carbons (Fsp3) is 0.433. The number of carbonyl (C=O) groups excluding carboxylic acids is 2. The first-order valence-corrected chi connectivity index (χ1v) is 12.9. The number of fused-ring (bicyclic) bond motifs is 2. The summed E-state index contributed by atoms with van der Waals surface area (Å²) in [7, 11) is 0. The van der Waals surface area contributed by atoms with Crippen LogP contribution in [-0.2, 0) is 21.9 Å². The zero-order valence-electron chi connectivity index (χ0n) is 21.7. The Morgan fingerprint density at radius 1 is 0.738 bits per heavy atom. The maximum Gasteiger partial charge on any atom is 0.416 e. The van der Waals surface area contributed by atoms with Crippen molar-refractivity contribution in [3.63, 3.8) is 0 Å². The number of ketones is 2. The number of aryl methyl sites for hydroxylation is 1. The summed E-state index contributed by atoms with van der Waals surface area (Å²) in [5.74, 6) is -12.2. The van der Waals surface area contributed by atoms with E-state index < -0.39 is 94.1 Å². The summed E-state index contributed by atoms with van der Waals surface area (Å²) < 4.78 is 97.5. The number of hydrogen-bond acceptors (Lipinski definition) is 5. The lowest BCUT2D eigenvalue weighted by molar-refractivity contribution is -0.143. The second-order valence-corrected chi connectivity index (χ2v) is 11.1. The molecule has 3 aliphatic rings. The number of Topliss-reactive ketones (excluding diaryl/α,β-unsaturated/α-hetero) is 2. The minimum absolute atomic E-state index is 0.0963. The van der Waals surface area contributed by atoms with E-state index in [0.29, 0.717) is 28.8 Å². The highest BCUT2D eigenvalue weighted by atomic mass is 19.4. The first kappa shape index (κ1) is 29.3. The van der Waals surface area contributed by atoms with Gasteiger partial charge in [-0.3, -0.25) is 9.59 Å². The molecule has 3 fully saturated rings. The van der Waals surface area contributed by atoms with Gasteiger partial charge in [0.05, 0.1) is 58.6 Å². The summed E-state index contributed by atoms with van der Waals surface area (Å²) in [6.07, 6.45) is -12.7. The molecule has 5 nitrogen and oxygen atoms in total. The number of benzene rings is 2. The summed E-state index contributed by atoms with van der Waals surface area (Å²) >= 11 is 0. The van der Waals surface area contributed by atoms with Crippen LogP contribution < -0.4 is 0 Å². The predicted octanol–water partition coefficient (Wildman–Crippen LogP) is 6.42. The molecule has 2 aromatic carbocycles. The highest BCUT2D eigenvalue weighted by Crippen LogP contribution is 2.60. The van der Waals surface area contributed by atoms with Gasteiger partial charge in [0.25, 0.3) is 0 Å². The van der Waals surface area contributed by atoms with Crippen LogP contribution in [0.4, 0.5) is 30.7 Å². The van der Waals surface area contributed by atoms with Crippen LogP contribution in [0, 0.1) is 76.4 Å². The van der Waals surface area contributed by atoms with Crippen molar-refractivity contribution in [1.29, 1.82) is 15.8 Å². The van der Waals surface area contributed by atoms with Crippen molar-refractivity contribution in [1.82, 2.24) is 0 Å². The maximum atomic E-state index is 16.4. The molecule has 0 aliphatic heterocycles. The number of carbonyl (C=O) groups is 2. The quantitative estimate of drug-likeness (QED) is 0.377. The SMILES string of the molecule is Cc1cc(C2C(=O)C3CC4C(=O)C(c5cc(C(F)(F)F)cc(C(F)(F)F)c5)C(C#N)C4C(F)C3C2C#N)ccc1C#N. The van der Waals surface area contributed by atoms with Crippen LogP contribution >= 0.6 is 0 Å². The summed E-state index contributed by atoms with van der Waals surface area (Å²) in [5, 5.41) is 29.2. The van der Waals surface area contributed by atoms with E-state index in [1.54, 1.807) is 19.1 Å². The Balaban J connectivity index is 1.56. The lowest BCUT2D eigenvalue weighted by Crippen LogP contribution is -2.44. The van der Waals surface area contributed by atoms with Crippen LogP contribution in [0.15, 0.2) is 36.4 Å². The van der Waals surface area contributed by atoms with Crippen LogP contribution in [0.25, 0.3) is 0 Å². The van der Waals surface area contributed by atoms with Gasteiger partial charge in [0.2, 0.25) is 0 Å². The summed E-state index contributed by atoms with van der Waals surface area (Å²) in [6, 6.07) is 10.9. The molecule has 0 bridgehead atoms. The topological polar surface area (TPSA) is 106 Å². The Kier molecular flexibility index (Phi) is 6.93. The van der Waals surface area contributed by atoms with Gasteiger partial charge in [-0.2, -0.15) is 42.1 Å². The number of nitriles is 3. The fourth-order valence-corrected chi connectivity index (χ4v) is 7.29. The van der Waals surface area contributed by atoms with Gasteiger partial charge >= 0.3 is 12.4 Å². The molecule has 3 aliphatic carbocycles. The van der Waals surface area contributed by atoms with Crippen molar-refractivity contribution in [2.24, 2.45) is 35.5 Å². The van der Waals surface area contributed by atoms with Gasteiger partial charge in [0.15, 0.2) is 0 Å². The van der Waals surface area contributed by atoms with Gasteiger partial charge in [-0.15, -0.1) is 0 Å². The average molecular weight is 587 g/mol. The molecule has 0 spiro atoms. The Morgan fingerprint density at radius 2 is 1.21 bits per heavy atom. The van der Waals surface area contributed by atoms with Crippen LogP contribution in [0.3, 0.4) is 0 Å². The second-order valence-electron chi connectivity index (χ2n) is 11.1. The molecule has 0 radical (unpaired) electrons. The minimum Gasteiger partial charge on any atom is -0.299 e. The first-order valence-electron chi connectivity index (χ1n) is 12.9. The zero-order chi connectivity index (χ0) is 30.9. The molecular formula is C30H20F7N3O2. The van der Waals surface area contributed by atoms with E-state index in [1.165, 1.54) is 12.1 Å². The normalized spacial score (nSPS) is 32.5. The van der Waals surface area contributed by atoms with Crippen LogP contribution in [-0.4, -0.2) is 17.7 Å². The monoisotopic (exact) mass is 587 g/mol. The Hall–Kier alpha value is -4.24. The van der Waals surface area contributed by atoms with E-state index in [0.717, 1.165) is 0 Å². The molecule has 0 heterocycles. The lowest BCUT2D eigenvalue weighted by Gasteiger charge is -2.38. The summed E-state index contributed by atoms with van der Waals surface area (Å²) in [6.45, 7) is 1.63. The Labute approximate surface area is 235 Å². The smallest absolute Gasteiger partial charge is 0.299 e. The second kappa shape index (κ2) is 9.94. The van der Waals surface area contributed by atoms with E-state index in [-0.39, 0.29) is 12.5 Å². The molecule has 0 N–H and O–H groups in total. The standard InChI is InChI=1S/C30H20F7N3O2/c1-12-4-13(2-3-14(12)9-38)22-20(10-39)24-18(27(22)41)8-19-25(26(24)31)21(11-40)23(28(19)42)15-5-16(29(32,33)34)7-17(6-15)30(35,36)37/h2-7,18-26H,8H2,1H3. The van der Waals surface area contributed by atoms with Gasteiger partial charge in [0, 0.05) is 23.7 Å². The molecule has 12 heteroatoms. The third kappa shape index (κ3) is 4.43. The summed E-state index contributed by atoms with van der Waals surface area (Å²) in [4.78, 5) is 27.2. The average Bonchev–Trinajstić information content (AvgIpc) is 3.38. The van der Waals surface area contributed by atoms with Crippen molar-refractivity contribution in [3.8, 4) is 18.2 Å². The minimum atomic E-state index is -5.20. The van der Waals surface area contributed by atoms with E-state index in [1.807, 2.05) is 12.1 Å². The number of hydrogen-bond donors (Lipinski definition) is 0. The van der Waals surface area contributed by atoms with Crippen molar-refractivity contribution in [2.45, 2.75) is 43.7 Å². The van der Waals surface area contributed by atoms with Gasteiger partial charge < -0.3 is 0 Å². The maximum absolute atomic E-state index is 16.4. The molecule has 0 amide bonds. The third-order valence-electron chi connectivity index (χ3n) is 9.06. The van der Waals surface area contributed by atoms with Crippen LogP contribution in [0.5, 0.6) is 0 Å². The number of nitrogens with zero attached hydrogens (tertiary/aromatic N) is 3. The molecule has 5 rings (SSSR count). The first-order chi connectivity index (χ1) is 19.6. The fourth-order valence-electron chi connectivity index (χ4n) is 7.29. The van der Waals surface area contributed by atoms with Crippen LogP contribution in [0.2, 0.25) is 0 Å². The van der Waals surface area contributed by atoms with Crippen molar-refractivity contribution >= 4 is 11.6 Å². The van der Waals surface area contributed by atoms with E-state index in [9.17, 15) is 51.7 Å². The van der Waals surface area contributed by atoms with Gasteiger partial charge in [0.1, 0.15) is 17.7 Å². The molecule has 3 saturated carbocycles. The molecule has 0 aromatic heterocycles. The molecule has 9 atom stereocenters. The van der Waals surface area contributed by atoms with Gasteiger partial charge in [-0.25, -0.2) is 4.39 Å². The molecule has 2 aromatic rings. The molecule has 42 heavy (non-hydrogen) atoms. The van der Waals surface area contributed by atoms with E-state index in [4.69, 9.17) is 0 Å². The Bertz CT molecular complexity index is 1580. The van der Waals surface area contributed by atoms with Crippen LogP contribution in [0.1, 0.15) is 51.6 Å². The third-order valence-corrected chi connectivity index (χ3v) is 9.06. The van der Waals surface area contributed by atoms with E-state index >= 15 is 4.39 Å². The lowest BCUT2D eigenvalue weighted by atomic mass is 9.65. The largest absolute Gasteiger partial charge is 0.416 e. The van der Waals surface area contributed by atoms with E-state index in [2.05, 4.69) is 0 Å². The zero-order valence-corrected chi connectivity index (χ0v) is 21.7. The van der Waals surface area contributed by atoms with Gasteiger partial charge in [-0.1, -0.05) is 12.1 Å². The van der Waals surface area contributed by atoms with Gasteiger partial charge in [-0.05, 0) is 54.3 Å². The predicted molar refractivity (Wildman–Crippen MR) is 130 cm³/mol. The molecule has 0 saturated heterocycles. The number of alkyl halides is 7. The molecular weight excluding hydrogens is 567 g/mol. The highest BCUT2D eigenvalue weighted by molar-refractivity contribution is 5.95. The number of halogens is 7. The number of rotatable bonds is 2.